The normalized spacial score (nSPS) is 12.2. The molecular formula is C11H13NO6. The smallest absolute Gasteiger partial charge is 0.319 e. The number of carboxylic acid groups (broad SMARTS) is 2. The molecule has 5 N–H and O–H groups in total. The van der Waals surface area contributed by atoms with Crippen LogP contribution in [0.25, 0.3) is 0 Å². The lowest BCUT2D eigenvalue weighted by atomic mass is 9.93. The first kappa shape index (κ1) is 13.8. The van der Waals surface area contributed by atoms with Gasteiger partial charge in [0.25, 0.3) is 0 Å². The largest absolute Gasteiger partial charge is 0.504 e. The van der Waals surface area contributed by atoms with Crippen molar-refractivity contribution in [1.82, 2.24) is 0 Å². The molecule has 1 aromatic rings. The van der Waals surface area contributed by atoms with Crippen molar-refractivity contribution in [1.29, 1.82) is 0 Å². The summed E-state index contributed by atoms with van der Waals surface area (Å²) in [5.41, 5.74) is 5.87. The van der Waals surface area contributed by atoms with Crippen LogP contribution in [-0.4, -0.2) is 34.4 Å². The molecule has 0 aliphatic rings. The van der Waals surface area contributed by atoms with E-state index in [1.165, 1.54) is 25.3 Å². The van der Waals surface area contributed by atoms with Gasteiger partial charge in [0.2, 0.25) is 0 Å². The Labute approximate surface area is 102 Å². The first-order chi connectivity index (χ1) is 8.38. The molecule has 0 aromatic heterocycles. The van der Waals surface area contributed by atoms with Gasteiger partial charge in [0.05, 0.1) is 13.2 Å². The minimum absolute atomic E-state index is 0.0949. The number of hydrogen-bond donors (Lipinski definition) is 4. The van der Waals surface area contributed by atoms with Crippen LogP contribution >= 0.6 is 0 Å². The van der Waals surface area contributed by atoms with Gasteiger partial charge in [0.1, 0.15) is 0 Å². The molecule has 0 saturated carbocycles. The van der Waals surface area contributed by atoms with Gasteiger partial charge >= 0.3 is 11.9 Å². The average Bonchev–Trinajstić information content (AvgIpc) is 2.28. The number of carboxylic acids is 2. The van der Waals surface area contributed by atoms with Crippen LogP contribution in [0.4, 0.5) is 0 Å². The Bertz CT molecular complexity index is 459. The summed E-state index contributed by atoms with van der Waals surface area (Å²) < 4.78 is 4.84. The maximum Gasteiger partial charge on any atom is 0.319 e. The highest BCUT2D eigenvalue weighted by atomic mass is 16.5. The first-order valence-electron chi connectivity index (χ1n) is 4.96. The van der Waals surface area contributed by atoms with Crippen molar-refractivity contribution in [2.24, 2.45) is 11.7 Å². The number of phenolic OH excluding ortho intramolecular Hbond substituents is 1. The standard InChI is InChI=1S/C11H13NO6/c1-18-7-4-5(2-3-6(7)13)9(12)8(10(14)15)11(16)17/h2-4,8-9,13H,12H2,1H3,(H,14,15)(H,16,17). The third kappa shape index (κ3) is 2.69. The van der Waals surface area contributed by atoms with Crippen molar-refractivity contribution in [3.63, 3.8) is 0 Å². The SMILES string of the molecule is COc1cc(C(N)C(C(=O)O)C(=O)O)ccc1O. The second-order valence-electron chi connectivity index (χ2n) is 3.61. The van der Waals surface area contributed by atoms with Crippen LogP contribution in [0.1, 0.15) is 11.6 Å². The molecule has 0 bridgehead atoms. The van der Waals surface area contributed by atoms with E-state index in [0.29, 0.717) is 0 Å². The van der Waals surface area contributed by atoms with Crippen LogP contribution in [0.5, 0.6) is 11.5 Å². The summed E-state index contributed by atoms with van der Waals surface area (Å²) in [5.74, 6) is -4.86. The molecule has 1 aromatic carbocycles. The third-order valence-corrected chi connectivity index (χ3v) is 2.48. The molecule has 1 rings (SSSR count). The summed E-state index contributed by atoms with van der Waals surface area (Å²) in [4.78, 5) is 21.7. The molecular weight excluding hydrogens is 242 g/mol. The number of aromatic hydroxyl groups is 1. The summed E-state index contributed by atoms with van der Waals surface area (Å²) in [6.07, 6.45) is 0. The number of rotatable bonds is 5. The van der Waals surface area contributed by atoms with E-state index < -0.39 is 23.9 Å². The van der Waals surface area contributed by atoms with Gasteiger partial charge in [0, 0.05) is 0 Å². The van der Waals surface area contributed by atoms with E-state index in [9.17, 15) is 14.7 Å². The molecule has 0 fully saturated rings. The lowest BCUT2D eigenvalue weighted by molar-refractivity contribution is -0.155. The van der Waals surface area contributed by atoms with Crippen molar-refractivity contribution in [3.05, 3.63) is 23.8 Å². The Morgan fingerprint density at radius 2 is 1.83 bits per heavy atom. The van der Waals surface area contributed by atoms with Gasteiger partial charge in [-0.2, -0.15) is 0 Å². The molecule has 0 saturated heterocycles. The van der Waals surface area contributed by atoms with Crippen LogP contribution < -0.4 is 10.5 Å². The predicted molar refractivity (Wildman–Crippen MR) is 60.3 cm³/mol. The van der Waals surface area contributed by atoms with E-state index in [0.717, 1.165) is 0 Å². The number of nitrogens with two attached hydrogens (primary N) is 1. The van der Waals surface area contributed by atoms with Gasteiger partial charge in [-0.05, 0) is 17.7 Å². The molecule has 0 heterocycles. The van der Waals surface area contributed by atoms with E-state index in [1.807, 2.05) is 0 Å². The fourth-order valence-electron chi connectivity index (χ4n) is 1.51. The molecule has 0 spiro atoms. The topological polar surface area (TPSA) is 130 Å². The fraction of sp³-hybridized carbons (Fsp3) is 0.273. The van der Waals surface area contributed by atoms with E-state index in [-0.39, 0.29) is 17.1 Å². The lowest BCUT2D eigenvalue weighted by Crippen LogP contribution is -2.34. The minimum Gasteiger partial charge on any atom is -0.504 e. The molecule has 1 unspecified atom stereocenters. The summed E-state index contributed by atoms with van der Waals surface area (Å²) in [7, 11) is 1.32. The van der Waals surface area contributed by atoms with E-state index in [2.05, 4.69) is 0 Å². The van der Waals surface area contributed by atoms with Gasteiger partial charge in [-0.1, -0.05) is 6.07 Å². The average molecular weight is 255 g/mol. The maximum absolute atomic E-state index is 10.8. The molecule has 18 heavy (non-hydrogen) atoms. The van der Waals surface area contributed by atoms with Crippen LogP contribution in [0.15, 0.2) is 18.2 Å². The third-order valence-electron chi connectivity index (χ3n) is 2.48. The quantitative estimate of drug-likeness (QED) is 0.552. The van der Waals surface area contributed by atoms with Gasteiger partial charge in [-0.3, -0.25) is 9.59 Å². The Morgan fingerprint density at radius 1 is 1.28 bits per heavy atom. The van der Waals surface area contributed by atoms with E-state index in [1.54, 1.807) is 0 Å². The Hall–Kier alpha value is -2.28. The second kappa shape index (κ2) is 5.37. The van der Waals surface area contributed by atoms with E-state index in [4.69, 9.17) is 20.7 Å². The minimum atomic E-state index is -1.76. The van der Waals surface area contributed by atoms with Crippen LogP contribution in [0.2, 0.25) is 0 Å². The zero-order chi connectivity index (χ0) is 13.9. The number of aliphatic carboxylic acids is 2. The zero-order valence-corrected chi connectivity index (χ0v) is 9.53. The highest BCUT2D eigenvalue weighted by molar-refractivity contribution is 5.94. The zero-order valence-electron chi connectivity index (χ0n) is 9.53. The van der Waals surface area contributed by atoms with Crippen molar-refractivity contribution >= 4 is 11.9 Å². The number of methoxy groups -OCH3 is 1. The molecule has 0 radical (unpaired) electrons. The second-order valence-corrected chi connectivity index (χ2v) is 3.61. The van der Waals surface area contributed by atoms with Crippen LogP contribution in [0.3, 0.4) is 0 Å². The van der Waals surface area contributed by atoms with Gasteiger partial charge in [-0.25, -0.2) is 0 Å². The first-order valence-corrected chi connectivity index (χ1v) is 4.96. The van der Waals surface area contributed by atoms with E-state index >= 15 is 0 Å². The van der Waals surface area contributed by atoms with Gasteiger partial charge in [0.15, 0.2) is 17.4 Å². The van der Waals surface area contributed by atoms with Crippen molar-refractivity contribution in [3.8, 4) is 11.5 Å². The Balaban J connectivity index is 3.12. The summed E-state index contributed by atoms with van der Waals surface area (Å²) in [6, 6.07) is 2.67. The summed E-state index contributed by atoms with van der Waals surface area (Å²) in [6.45, 7) is 0. The lowest BCUT2D eigenvalue weighted by Gasteiger charge is -2.17. The maximum atomic E-state index is 10.8. The summed E-state index contributed by atoms with van der Waals surface area (Å²) in [5, 5.41) is 27.0. The highest BCUT2D eigenvalue weighted by Crippen LogP contribution is 2.30. The predicted octanol–water partition coefficient (Wildman–Crippen LogP) is 0.186. The fourth-order valence-corrected chi connectivity index (χ4v) is 1.51. The van der Waals surface area contributed by atoms with Crippen molar-refractivity contribution in [2.45, 2.75) is 6.04 Å². The number of carbonyl (C=O) groups is 2. The van der Waals surface area contributed by atoms with Gasteiger partial charge in [-0.15, -0.1) is 0 Å². The van der Waals surface area contributed by atoms with Crippen LogP contribution in [-0.2, 0) is 9.59 Å². The molecule has 1 atom stereocenters. The molecule has 0 amide bonds. The molecule has 7 heteroatoms. The number of hydrogen-bond acceptors (Lipinski definition) is 5. The number of ether oxygens (including phenoxy) is 1. The molecule has 0 aliphatic carbocycles. The number of phenols is 1. The Morgan fingerprint density at radius 3 is 2.28 bits per heavy atom. The Kier molecular flexibility index (Phi) is 4.11. The highest BCUT2D eigenvalue weighted by Gasteiger charge is 2.33. The van der Waals surface area contributed by atoms with Crippen molar-refractivity contribution in [2.75, 3.05) is 7.11 Å². The monoisotopic (exact) mass is 255 g/mol. The molecule has 7 nitrogen and oxygen atoms in total. The van der Waals surface area contributed by atoms with Crippen LogP contribution in [0, 0.1) is 5.92 Å². The molecule has 98 valence electrons. The summed E-state index contributed by atoms with van der Waals surface area (Å²) >= 11 is 0. The van der Waals surface area contributed by atoms with Gasteiger partial charge < -0.3 is 25.8 Å². The molecule has 0 aliphatic heterocycles. The number of benzene rings is 1. The van der Waals surface area contributed by atoms with Crippen molar-refractivity contribution < 1.29 is 29.6 Å².